The number of aryl methyl sites for hydroxylation is 1. The van der Waals surface area contributed by atoms with Crippen LogP contribution in [0.4, 0.5) is 11.6 Å². The molecule has 5 heteroatoms. The Morgan fingerprint density at radius 3 is 2.63 bits per heavy atom. The Morgan fingerprint density at radius 2 is 2.05 bits per heavy atom. The third-order valence-corrected chi connectivity index (χ3v) is 3.81. The molecule has 0 spiro atoms. The minimum atomic E-state index is 0.337. The Labute approximate surface area is 115 Å². The molecular weight excluding hydrogens is 240 g/mol. The van der Waals surface area contributed by atoms with Crippen molar-refractivity contribution >= 4 is 11.6 Å². The number of hydrogen-bond acceptors (Lipinski definition) is 5. The monoisotopic (exact) mass is 264 g/mol. The molecule has 1 aliphatic heterocycles. The molecule has 1 aliphatic rings. The summed E-state index contributed by atoms with van der Waals surface area (Å²) in [6.45, 7) is 8.04. The lowest BCUT2D eigenvalue weighted by Crippen LogP contribution is -2.22. The molecule has 2 heterocycles. The number of nitrogens with one attached hydrogen (secondary N) is 2. The summed E-state index contributed by atoms with van der Waals surface area (Å²) in [5.74, 6) is 3.28. The minimum Gasteiger partial charge on any atom is -0.378 e. The van der Waals surface area contributed by atoms with Gasteiger partial charge in [0, 0.05) is 38.1 Å². The van der Waals surface area contributed by atoms with Crippen molar-refractivity contribution in [2.45, 2.75) is 39.7 Å². The standard InChI is InChI=1S/C14H24N4O/c1-5-12-17-13(15-4)9(2)14(18-12)16-8-11-6-7-19-10(11)3/h10-11H,5-8H2,1-4H3,(H2,15,16,17,18). The van der Waals surface area contributed by atoms with Gasteiger partial charge in [0.05, 0.1) is 6.10 Å². The molecule has 5 nitrogen and oxygen atoms in total. The molecule has 1 fully saturated rings. The molecule has 0 amide bonds. The first-order valence-electron chi connectivity index (χ1n) is 7.06. The van der Waals surface area contributed by atoms with Gasteiger partial charge in [0.25, 0.3) is 0 Å². The minimum absolute atomic E-state index is 0.337. The van der Waals surface area contributed by atoms with Crippen LogP contribution in [0, 0.1) is 12.8 Å². The average Bonchev–Trinajstić information content (AvgIpc) is 2.83. The first-order chi connectivity index (χ1) is 9.15. The molecule has 1 saturated heterocycles. The zero-order valence-corrected chi connectivity index (χ0v) is 12.3. The maximum absolute atomic E-state index is 5.59. The number of aromatic nitrogens is 2. The topological polar surface area (TPSA) is 59.1 Å². The van der Waals surface area contributed by atoms with Crippen molar-refractivity contribution < 1.29 is 4.74 Å². The van der Waals surface area contributed by atoms with Gasteiger partial charge in [0.1, 0.15) is 17.5 Å². The van der Waals surface area contributed by atoms with Crippen LogP contribution in [0.2, 0.25) is 0 Å². The molecule has 0 aliphatic carbocycles. The summed E-state index contributed by atoms with van der Waals surface area (Å²) in [5.41, 5.74) is 1.08. The van der Waals surface area contributed by atoms with E-state index in [4.69, 9.17) is 4.74 Å². The van der Waals surface area contributed by atoms with Crippen molar-refractivity contribution in [2.24, 2.45) is 5.92 Å². The number of rotatable bonds is 5. The molecule has 0 aromatic carbocycles. The van der Waals surface area contributed by atoms with Crippen LogP contribution in [-0.4, -0.2) is 36.3 Å². The molecule has 2 atom stereocenters. The lowest BCUT2D eigenvalue weighted by Gasteiger charge is -2.17. The van der Waals surface area contributed by atoms with Gasteiger partial charge in [-0.25, -0.2) is 9.97 Å². The zero-order valence-electron chi connectivity index (χ0n) is 12.3. The van der Waals surface area contributed by atoms with E-state index < -0.39 is 0 Å². The third kappa shape index (κ3) is 3.15. The van der Waals surface area contributed by atoms with Gasteiger partial charge >= 0.3 is 0 Å². The number of ether oxygens (including phenoxy) is 1. The molecule has 19 heavy (non-hydrogen) atoms. The van der Waals surface area contributed by atoms with E-state index in [1.165, 1.54) is 0 Å². The fraction of sp³-hybridized carbons (Fsp3) is 0.714. The summed E-state index contributed by atoms with van der Waals surface area (Å²) >= 11 is 0. The van der Waals surface area contributed by atoms with E-state index in [0.29, 0.717) is 12.0 Å². The maximum Gasteiger partial charge on any atom is 0.134 e. The van der Waals surface area contributed by atoms with Crippen molar-refractivity contribution in [3.63, 3.8) is 0 Å². The van der Waals surface area contributed by atoms with Gasteiger partial charge in [0.15, 0.2) is 0 Å². The molecule has 0 radical (unpaired) electrons. The van der Waals surface area contributed by atoms with Crippen molar-refractivity contribution in [1.29, 1.82) is 0 Å². The van der Waals surface area contributed by atoms with Crippen LogP contribution in [-0.2, 0) is 11.2 Å². The Balaban J connectivity index is 2.10. The molecule has 2 N–H and O–H groups in total. The van der Waals surface area contributed by atoms with Crippen molar-refractivity contribution in [3.8, 4) is 0 Å². The number of hydrogen-bond donors (Lipinski definition) is 2. The van der Waals surface area contributed by atoms with Gasteiger partial charge < -0.3 is 15.4 Å². The van der Waals surface area contributed by atoms with Crippen LogP contribution in [0.25, 0.3) is 0 Å². The van der Waals surface area contributed by atoms with E-state index in [1.54, 1.807) is 0 Å². The van der Waals surface area contributed by atoms with Gasteiger partial charge in [-0.15, -0.1) is 0 Å². The molecule has 1 aromatic heterocycles. The highest BCUT2D eigenvalue weighted by Crippen LogP contribution is 2.23. The lowest BCUT2D eigenvalue weighted by molar-refractivity contribution is 0.108. The second-order valence-corrected chi connectivity index (χ2v) is 5.07. The van der Waals surface area contributed by atoms with Crippen LogP contribution in [0.1, 0.15) is 31.7 Å². The molecular formula is C14H24N4O. The van der Waals surface area contributed by atoms with Crippen LogP contribution in [0.15, 0.2) is 0 Å². The quantitative estimate of drug-likeness (QED) is 0.854. The van der Waals surface area contributed by atoms with E-state index >= 15 is 0 Å². The Bertz CT molecular complexity index is 436. The summed E-state index contributed by atoms with van der Waals surface area (Å²) in [4.78, 5) is 9.06. The Kier molecular flexibility index (Phi) is 4.58. The van der Waals surface area contributed by atoms with E-state index in [-0.39, 0.29) is 0 Å². The summed E-state index contributed by atoms with van der Waals surface area (Å²) in [5, 5.41) is 6.59. The van der Waals surface area contributed by atoms with Crippen molar-refractivity contribution in [1.82, 2.24) is 9.97 Å². The van der Waals surface area contributed by atoms with Gasteiger partial charge in [-0.2, -0.15) is 0 Å². The highest BCUT2D eigenvalue weighted by atomic mass is 16.5. The predicted octanol–water partition coefficient (Wildman–Crippen LogP) is 2.23. The molecule has 0 bridgehead atoms. The summed E-state index contributed by atoms with van der Waals surface area (Å²) in [7, 11) is 1.89. The van der Waals surface area contributed by atoms with Gasteiger partial charge in [-0.05, 0) is 20.3 Å². The molecule has 106 valence electrons. The van der Waals surface area contributed by atoms with Crippen LogP contribution < -0.4 is 10.6 Å². The lowest BCUT2D eigenvalue weighted by atomic mass is 10.0. The second-order valence-electron chi connectivity index (χ2n) is 5.07. The molecule has 2 rings (SSSR count). The molecule has 0 saturated carbocycles. The Hall–Kier alpha value is -1.36. The SMILES string of the molecule is CCc1nc(NC)c(C)c(NCC2CCOC2C)n1. The van der Waals surface area contributed by atoms with Crippen molar-refractivity contribution in [2.75, 3.05) is 30.8 Å². The summed E-state index contributed by atoms with van der Waals surface area (Å²) in [6, 6.07) is 0. The zero-order chi connectivity index (χ0) is 13.8. The summed E-state index contributed by atoms with van der Waals surface area (Å²) < 4.78 is 5.59. The highest BCUT2D eigenvalue weighted by Gasteiger charge is 2.24. The van der Waals surface area contributed by atoms with Gasteiger partial charge in [-0.1, -0.05) is 6.92 Å². The second kappa shape index (κ2) is 6.19. The van der Waals surface area contributed by atoms with Gasteiger partial charge in [-0.3, -0.25) is 0 Å². The first kappa shape index (κ1) is 14.1. The fourth-order valence-corrected chi connectivity index (χ4v) is 2.41. The Morgan fingerprint density at radius 1 is 1.32 bits per heavy atom. The van der Waals surface area contributed by atoms with Crippen LogP contribution >= 0.6 is 0 Å². The highest BCUT2D eigenvalue weighted by molar-refractivity contribution is 5.57. The van der Waals surface area contributed by atoms with E-state index in [9.17, 15) is 0 Å². The normalized spacial score (nSPS) is 22.5. The third-order valence-electron chi connectivity index (χ3n) is 3.81. The number of anilines is 2. The van der Waals surface area contributed by atoms with Crippen molar-refractivity contribution in [3.05, 3.63) is 11.4 Å². The predicted molar refractivity (Wildman–Crippen MR) is 77.7 cm³/mol. The smallest absolute Gasteiger partial charge is 0.134 e. The van der Waals surface area contributed by atoms with E-state index in [2.05, 4.69) is 34.4 Å². The largest absolute Gasteiger partial charge is 0.378 e. The first-order valence-corrected chi connectivity index (χ1v) is 7.06. The van der Waals surface area contributed by atoms with Crippen LogP contribution in [0.3, 0.4) is 0 Å². The van der Waals surface area contributed by atoms with E-state index in [1.807, 2.05) is 14.0 Å². The maximum atomic E-state index is 5.59. The average molecular weight is 264 g/mol. The summed E-state index contributed by atoms with van der Waals surface area (Å²) in [6.07, 6.45) is 2.30. The number of nitrogens with zero attached hydrogens (tertiary/aromatic N) is 2. The molecule has 1 aromatic rings. The fourth-order valence-electron chi connectivity index (χ4n) is 2.41. The van der Waals surface area contributed by atoms with Gasteiger partial charge in [0.2, 0.25) is 0 Å². The molecule has 2 unspecified atom stereocenters. The van der Waals surface area contributed by atoms with Crippen LogP contribution in [0.5, 0.6) is 0 Å². The van der Waals surface area contributed by atoms with E-state index in [0.717, 1.165) is 49.0 Å².